The van der Waals surface area contributed by atoms with Gasteiger partial charge in [0.15, 0.2) is 0 Å². The molecule has 0 aliphatic carbocycles. The molecule has 0 saturated heterocycles. The number of hydrogen-bond acceptors (Lipinski definition) is 3. The quantitative estimate of drug-likeness (QED) is 0.686. The largest absolute Gasteiger partial charge is 0.375 e. The van der Waals surface area contributed by atoms with Crippen molar-refractivity contribution in [2.45, 2.75) is 38.3 Å². The van der Waals surface area contributed by atoms with E-state index in [0.29, 0.717) is 5.56 Å². The van der Waals surface area contributed by atoms with Gasteiger partial charge >= 0.3 is 0 Å². The van der Waals surface area contributed by atoms with E-state index >= 15 is 0 Å². The van der Waals surface area contributed by atoms with Crippen molar-refractivity contribution < 1.29 is 18.3 Å². The first-order valence-corrected chi connectivity index (χ1v) is 6.87. The predicted octanol–water partition coefficient (Wildman–Crippen LogP) is 2.04. The summed E-state index contributed by atoms with van der Waals surface area (Å²) in [6.45, 7) is 3.15. The number of ether oxygens (including phenoxy) is 1. The van der Waals surface area contributed by atoms with E-state index in [4.69, 9.17) is 10.5 Å². The number of rotatable bonds is 9. The Morgan fingerprint density at radius 2 is 1.95 bits per heavy atom. The minimum absolute atomic E-state index is 0.00666. The normalized spacial score (nSPS) is 14.4. The second kappa shape index (κ2) is 8.05. The first kappa shape index (κ1) is 17.5. The van der Waals surface area contributed by atoms with Crippen molar-refractivity contribution in [2.75, 3.05) is 13.2 Å². The van der Waals surface area contributed by atoms with Gasteiger partial charge in [-0.15, -0.1) is 0 Å². The number of benzene rings is 1. The Hall–Kier alpha value is -1.53. The lowest BCUT2D eigenvalue weighted by Crippen LogP contribution is -2.55. The molecule has 0 spiro atoms. The monoisotopic (exact) mass is 300 g/mol. The molecule has 21 heavy (non-hydrogen) atoms. The van der Waals surface area contributed by atoms with Gasteiger partial charge in [0, 0.05) is 19.1 Å². The molecule has 0 bridgehead atoms. The smallest absolute Gasteiger partial charge is 0.261 e. The van der Waals surface area contributed by atoms with E-state index in [1.807, 2.05) is 19.9 Å². The highest BCUT2D eigenvalue weighted by molar-refractivity contribution is 5.86. The average molecular weight is 300 g/mol. The molecule has 1 aromatic rings. The van der Waals surface area contributed by atoms with Gasteiger partial charge in [0.05, 0.1) is 0 Å². The number of nitrogens with one attached hydrogen (secondary N) is 1. The summed E-state index contributed by atoms with van der Waals surface area (Å²) in [5.74, 6) is -0.553. The highest BCUT2D eigenvalue weighted by Gasteiger charge is 2.38. The van der Waals surface area contributed by atoms with Crippen molar-refractivity contribution in [3.05, 3.63) is 35.9 Å². The summed E-state index contributed by atoms with van der Waals surface area (Å²) in [5.41, 5.74) is 5.16. The minimum atomic E-state index is -2.53. The van der Waals surface area contributed by atoms with Crippen LogP contribution in [-0.2, 0) is 15.1 Å². The Balaban J connectivity index is 2.94. The van der Waals surface area contributed by atoms with Crippen molar-refractivity contribution >= 4 is 5.91 Å². The Labute approximate surface area is 123 Å². The Kier molecular flexibility index (Phi) is 6.71. The third-order valence-corrected chi connectivity index (χ3v) is 3.09. The van der Waals surface area contributed by atoms with Gasteiger partial charge in [0.2, 0.25) is 5.91 Å². The molecule has 118 valence electrons. The average Bonchev–Trinajstić information content (AvgIpc) is 2.42. The fraction of sp³-hybridized carbons (Fsp3) is 0.533. The van der Waals surface area contributed by atoms with E-state index in [1.54, 1.807) is 24.3 Å². The van der Waals surface area contributed by atoms with Crippen molar-refractivity contribution in [2.24, 2.45) is 5.73 Å². The van der Waals surface area contributed by atoms with Gasteiger partial charge < -0.3 is 10.5 Å². The van der Waals surface area contributed by atoms with Gasteiger partial charge in [-0.1, -0.05) is 30.3 Å². The fourth-order valence-electron chi connectivity index (χ4n) is 2.25. The number of alkyl halides is 2. The molecule has 1 unspecified atom stereocenters. The zero-order valence-electron chi connectivity index (χ0n) is 12.3. The number of amides is 1. The van der Waals surface area contributed by atoms with E-state index in [-0.39, 0.29) is 19.1 Å². The molecule has 4 nitrogen and oxygen atoms in total. The van der Waals surface area contributed by atoms with Crippen molar-refractivity contribution in [1.29, 1.82) is 0 Å². The first-order chi connectivity index (χ1) is 9.88. The number of halogens is 2. The molecule has 0 saturated carbocycles. The Morgan fingerprint density at radius 3 is 2.43 bits per heavy atom. The number of hydrogen-bond donors (Lipinski definition) is 2. The standard InChI is InChI=1S/C15H22F2N2O2/c1-11(2)19-15(14(18)20,8-9-21-10-13(16)17)12-6-4-3-5-7-12/h3-7,11,13,19H,8-10H2,1-2H3,(H2,18,20). The molecular formula is C15H22F2N2O2. The maximum absolute atomic E-state index is 12.1. The van der Waals surface area contributed by atoms with Gasteiger partial charge in [-0.3, -0.25) is 10.1 Å². The summed E-state index contributed by atoms with van der Waals surface area (Å²) in [4.78, 5) is 12.0. The fourth-order valence-corrected chi connectivity index (χ4v) is 2.25. The Morgan fingerprint density at radius 1 is 1.33 bits per heavy atom. The molecule has 0 aromatic heterocycles. The van der Waals surface area contributed by atoms with E-state index < -0.39 is 24.5 Å². The van der Waals surface area contributed by atoms with Gasteiger partial charge in [-0.2, -0.15) is 0 Å². The number of primary amides is 1. The number of carbonyl (C=O) groups excluding carboxylic acids is 1. The van der Waals surface area contributed by atoms with E-state index in [9.17, 15) is 13.6 Å². The third kappa shape index (κ3) is 5.06. The van der Waals surface area contributed by atoms with Crippen LogP contribution in [0.2, 0.25) is 0 Å². The highest BCUT2D eigenvalue weighted by Crippen LogP contribution is 2.26. The molecule has 1 rings (SSSR count). The summed E-state index contributed by atoms with van der Waals surface area (Å²) >= 11 is 0. The van der Waals surface area contributed by atoms with Crippen LogP contribution in [0, 0.1) is 0 Å². The first-order valence-electron chi connectivity index (χ1n) is 6.87. The maximum Gasteiger partial charge on any atom is 0.261 e. The molecule has 3 N–H and O–H groups in total. The summed E-state index contributed by atoms with van der Waals surface area (Å²) in [6, 6.07) is 9.00. The molecule has 1 amide bonds. The second-order valence-corrected chi connectivity index (χ2v) is 5.15. The zero-order chi connectivity index (χ0) is 15.9. The van der Waals surface area contributed by atoms with Gasteiger partial charge in [0.25, 0.3) is 6.43 Å². The van der Waals surface area contributed by atoms with Gasteiger partial charge in [0.1, 0.15) is 12.1 Å². The van der Waals surface area contributed by atoms with Crippen LogP contribution in [0.5, 0.6) is 0 Å². The van der Waals surface area contributed by atoms with Crippen LogP contribution in [0.3, 0.4) is 0 Å². The van der Waals surface area contributed by atoms with Crippen LogP contribution in [0.1, 0.15) is 25.8 Å². The van der Waals surface area contributed by atoms with Crippen molar-refractivity contribution in [3.63, 3.8) is 0 Å². The summed E-state index contributed by atoms with van der Waals surface area (Å²) in [7, 11) is 0. The second-order valence-electron chi connectivity index (χ2n) is 5.15. The highest BCUT2D eigenvalue weighted by atomic mass is 19.3. The molecular weight excluding hydrogens is 278 g/mol. The van der Waals surface area contributed by atoms with Crippen molar-refractivity contribution in [1.82, 2.24) is 5.32 Å². The van der Waals surface area contributed by atoms with Crippen LogP contribution in [0.25, 0.3) is 0 Å². The summed E-state index contributed by atoms with van der Waals surface area (Å²) in [6.07, 6.45) is -2.33. The molecule has 0 radical (unpaired) electrons. The van der Waals surface area contributed by atoms with E-state index in [2.05, 4.69) is 5.32 Å². The predicted molar refractivity (Wildman–Crippen MR) is 77.0 cm³/mol. The van der Waals surface area contributed by atoms with E-state index in [0.717, 1.165) is 0 Å². The lowest BCUT2D eigenvalue weighted by molar-refractivity contribution is -0.126. The lowest BCUT2D eigenvalue weighted by atomic mass is 9.85. The molecule has 0 aliphatic heterocycles. The zero-order valence-corrected chi connectivity index (χ0v) is 12.3. The summed E-state index contributed by atoms with van der Waals surface area (Å²) in [5, 5.41) is 3.16. The van der Waals surface area contributed by atoms with Crippen LogP contribution in [-0.4, -0.2) is 31.6 Å². The molecule has 6 heteroatoms. The van der Waals surface area contributed by atoms with Crippen LogP contribution < -0.4 is 11.1 Å². The van der Waals surface area contributed by atoms with E-state index in [1.165, 1.54) is 0 Å². The van der Waals surface area contributed by atoms with Gasteiger partial charge in [-0.25, -0.2) is 8.78 Å². The van der Waals surface area contributed by atoms with Crippen LogP contribution in [0.4, 0.5) is 8.78 Å². The molecule has 1 atom stereocenters. The lowest BCUT2D eigenvalue weighted by Gasteiger charge is -2.34. The van der Waals surface area contributed by atoms with Crippen LogP contribution >= 0.6 is 0 Å². The topological polar surface area (TPSA) is 64.3 Å². The molecule has 0 aliphatic rings. The number of nitrogens with two attached hydrogens (primary N) is 1. The maximum atomic E-state index is 12.1. The van der Waals surface area contributed by atoms with Crippen LogP contribution in [0.15, 0.2) is 30.3 Å². The molecule has 0 fully saturated rings. The Bertz CT molecular complexity index is 441. The number of carbonyl (C=O) groups is 1. The molecule has 0 heterocycles. The SMILES string of the molecule is CC(C)NC(CCOCC(F)F)(C(N)=O)c1ccccc1. The molecule has 1 aromatic carbocycles. The minimum Gasteiger partial charge on any atom is -0.375 e. The van der Waals surface area contributed by atoms with Gasteiger partial charge in [-0.05, 0) is 19.4 Å². The third-order valence-electron chi connectivity index (χ3n) is 3.09. The summed E-state index contributed by atoms with van der Waals surface area (Å²) < 4.78 is 29.1. The van der Waals surface area contributed by atoms with Crippen molar-refractivity contribution in [3.8, 4) is 0 Å².